The molecule has 0 bridgehead atoms. The highest BCUT2D eigenvalue weighted by Crippen LogP contribution is 2.28. The van der Waals surface area contributed by atoms with Crippen LogP contribution >= 0.6 is 11.7 Å². The van der Waals surface area contributed by atoms with Gasteiger partial charge in [-0.3, -0.25) is 0 Å². The second-order valence-electron chi connectivity index (χ2n) is 6.62. The predicted octanol–water partition coefficient (Wildman–Crippen LogP) is 2.33. The van der Waals surface area contributed by atoms with Gasteiger partial charge in [-0.25, -0.2) is 8.42 Å². The molecule has 3 heterocycles. The smallest absolute Gasteiger partial charge is 0.245 e. The van der Waals surface area contributed by atoms with Gasteiger partial charge in [0.05, 0.1) is 11.7 Å². The maximum atomic E-state index is 13.0. The second kappa shape index (κ2) is 6.67. The normalized spacial score (nSPS) is 22.2. The summed E-state index contributed by atoms with van der Waals surface area (Å²) < 4.78 is 36.0. The second-order valence-corrected chi connectivity index (χ2v) is 9.05. The molecule has 8 heteroatoms. The van der Waals surface area contributed by atoms with Gasteiger partial charge in [0, 0.05) is 19.1 Å². The van der Waals surface area contributed by atoms with E-state index in [0.29, 0.717) is 35.1 Å². The lowest BCUT2D eigenvalue weighted by Gasteiger charge is -2.39. The van der Waals surface area contributed by atoms with Crippen LogP contribution in [0.3, 0.4) is 0 Å². The number of fused-ring (bicyclic) bond motifs is 1. The van der Waals surface area contributed by atoms with Gasteiger partial charge in [0.1, 0.15) is 15.9 Å². The Morgan fingerprint density at radius 3 is 2.50 bits per heavy atom. The van der Waals surface area contributed by atoms with Gasteiger partial charge in [0.25, 0.3) is 0 Å². The monoisotopic (exact) mass is 366 g/mol. The summed E-state index contributed by atoms with van der Waals surface area (Å²) in [5, 5.41) is 0. The van der Waals surface area contributed by atoms with Crippen LogP contribution in [-0.2, 0) is 10.0 Å². The maximum absolute atomic E-state index is 13.0. The van der Waals surface area contributed by atoms with Crippen LogP contribution in [0.1, 0.15) is 32.1 Å². The van der Waals surface area contributed by atoms with E-state index in [4.69, 9.17) is 0 Å². The summed E-state index contributed by atoms with van der Waals surface area (Å²) in [7, 11) is -3.49. The summed E-state index contributed by atoms with van der Waals surface area (Å²) in [5.41, 5.74) is 1.16. The number of likely N-dealkylation sites (tertiary alicyclic amines) is 1. The van der Waals surface area contributed by atoms with Crippen molar-refractivity contribution in [2.24, 2.45) is 0 Å². The molecule has 0 amide bonds. The van der Waals surface area contributed by atoms with Gasteiger partial charge >= 0.3 is 0 Å². The van der Waals surface area contributed by atoms with Crippen LogP contribution in [0.5, 0.6) is 0 Å². The summed E-state index contributed by atoms with van der Waals surface area (Å²) in [5.74, 6) is 0. The first-order valence-electron chi connectivity index (χ1n) is 8.62. The quantitative estimate of drug-likeness (QED) is 0.834. The van der Waals surface area contributed by atoms with Crippen molar-refractivity contribution >= 4 is 32.8 Å². The molecule has 1 aromatic carbocycles. The third-order valence-corrected chi connectivity index (χ3v) is 7.67. The van der Waals surface area contributed by atoms with Gasteiger partial charge in [-0.05, 0) is 50.9 Å². The largest absolute Gasteiger partial charge is 0.300 e. The average Bonchev–Trinajstić information content (AvgIpc) is 3.11. The molecule has 1 aromatic heterocycles. The van der Waals surface area contributed by atoms with Crippen LogP contribution in [0.4, 0.5) is 0 Å². The van der Waals surface area contributed by atoms with E-state index >= 15 is 0 Å². The lowest BCUT2D eigenvalue weighted by molar-refractivity contribution is 0.118. The van der Waals surface area contributed by atoms with Crippen molar-refractivity contribution in [3.05, 3.63) is 18.2 Å². The minimum absolute atomic E-state index is 0.296. The van der Waals surface area contributed by atoms with E-state index in [0.717, 1.165) is 24.6 Å². The van der Waals surface area contributed by atoms with Gasteiger partial charge in [-0.15, -0.1) is 0 Å². The first-order chi connectivity index (χ1) is 11.7. The van der Waals surface area contributed by atoms with E-state index < -0.39 is 10.0 Å². The van der Waals surface area contributed by atoms with Crippen molar-refractivity contribution in [2.45, 2.75) is 43.0 Å². The Balaban J connectivity index is 1.51. The minimum atomic E-state index is -3.49. The highest BCUT2D eigenvalue weighted by molar-refractivity contribution is 7.89. The molecule has 2 aromatic rings. The number of hydrogen-bond donors (Lipinski definition) is 0. The molecule has 24 heavy (non-hydrogen) atoms. The van der Waals surface area contributed by atoms with Crippen LogP contribution in [0.25, 0.3) is 11.0 Å². The van der Waals surface area contributed by atoms with Crippen molar-refractivity contribution < 1.29 is 8.42 Å². The molecular weight excluding hydrogens is 344 g/mol. The van der Waals surface area contributed by atoms with Crippen LogP contribution in [-0.4, -0.2) is 58.6 Å². The summed E-state index contributed by atoms with van der Waals surface area (Å²) in [6.07, 6.45) is 5.72. The van der Waals surface area contributed by atoms with Crippen LogP contribution in [0.15, 0.2) is 23.1 Å². The molecule has 0 aliphatic carbocycles. The Hall–Kier alpha value is -1.09. The molecule has 0 radical (unpaired) electrons. The van der Waals surface area contributed by atoms with Crippen LogP contribution < -0.4 is 0 Å². The van der Waals surface area contributed by atoms with E-state index in [-0.39, 0.29) is 0 Å². The predicted molar refractivity (Wildman–Crippen MR) is 94.6 cm³/mol. The molecule has 2 aliphatic rings. The Bertz CT molecular complexity index is 806. The van der Waals surface area contributed by atoms with Crippen LogP contribution in [0.2, 0.25) is 0 Å². The first kappa shape index (κ1) is 16.4. The molecule has 4 rings (SSSR count). The summed E-state index contributed by atoms with van der Waals surface area (Å²) >= 11 is 1.06. The van der Waals surface area contributed by atoms with Crippen molar-refractivity contribution in [1.82, 2.24) is 18.0 Å². The van der Waals surface area contributed by atoms with E-state index in [1.807, 2.05) is 0 Å². The number of aromatic nitrogens is 2. The number of hydrogen-bond acceptors (Lipinski definition) is 6. The van der Waals surface area contributed by atoms with E-state index in [9.17, 15) is 8.42 Å². The topological polar surface area (TPSA) is 66.4 Å². The van der Waals surface area contributed by atoms with Crippen molar-refractivity contribution in [2.75, 3.05) is 26.2 Å². The number of benzene rings is 1. The van der Waals surface area contributed by atoms with E-state index in [1.54, 1.807) is 22.5 Å². The first-order valence-corrected chi connectivity index (χ1v) is 10.8. The molecule has 0 spiro atoms. The molecule has 0 saturated carbocycles. The van der Waals surface area contributed by atoms with Gasteiger partial charge in [-0.1, -0.05) is 12.5 Å². The van der Waals surface area contributed by atoms with Crippen molar-refractivity contribution in [3.63, 3.8) is 0 Å². The fourth-order valence-corrected chi connectivity index (χ4v) is 6.08. The van der Waals surface area contributed by atoms with Crippen molar-refractivity contribution in [1.29, 1.82) is 0 Å². The lowest BCUT2D eigenvalue weighted by Crippen LogP contribution is -2.48. The highest BCUT2D eigenvalue weighted by Gasteiger charge is 2.33. The molecule has 0 atom stereocenters. The standard InChI is InChI=1S/C16H22N4O2S2/c21-24(22,15-6-4-5-14-16(15)18-23-17-14)20-11-7-13(8-12-20)19-9-2-1-3-10-19/h4-6,13H,1-3,7-12H2. The van der Waals surface area contributed by atoms with Crippen LogP contribution in [0, 0.1) is 0 Å². The molecule has 0 N–H and O–H groups in total. The van der Waals surface area contributed by atoms with E-state index in [1.165, 1.54) is 32.4 Å². The number of piperidine rings is 2. The van der Waals surface area contributed by atoms with E-state index in [2.05, 4.69) is 13.6 Å². The Morgan fingerprint density at radius 1 is 1.00 bits per heavy atom. The zero-order valence-electron chi connectivity index (χ0n) is 13.6. The number of sulfonamides is 1. The number of nitrogens with zero attached hydrogens (tertiary/aromatic N) is 4. The lowest BCUT2D eigenvalue weighted by atomic mass is 10.0. The summed E-state index contributed by atoms with van der Waals surface area (Å²) in [6, 6.07) is 5.74. The molecule has 130 valence electrons. The Labute approximate surface area is 146 Å². The number of rotatable bonds is 3. The fraction of sp³-hybridized carbons (Fsp3) is 0.625. The Kier molecular flexibility index (Phi) is 4.55. The highest BCUT2D eigenvalue weighted by atomic mass is 32.2. The maximum Gasteiger partial charge on any atom is 0.245 e. The molecule has 2 saturated heterocycles. The third kappa shape index (κ3) is 2.96. The molecule has 2 fully saturated rings. The summed E-state index contributed by atoms with van der Waals surface area (Å²) in [6.45, 7) is 3.53. The Morgan fingerprint density at radius 2 is 1.75 bits per heavy atom. The minimum Gasteiger partial charge on any atom is -0.300 e. The van der Waals surface area contributed by atoms with Crippen molar-refractivity contribution in [3.8, 4) is 0 Å². The zero-order chi connectivity index (χ0) is 16.6. The SMILES string of the molecule is O=S(=O)(c1cccc2nsnc12)N1CCC(N2CCCCC2)CC1. The van der Waals surface area contributed by atoms with Gasteiger partial charge in [-0.2, -0.15) is 13.1 Å². The van der Waals surface area contributed by atoms with Gasteiger partial charge in [0.2, 0.25) is 10.0 Å². The van der Waals surface area contributed by atoms with Gasteiger partial charge in [0.15, 0.2) is 0 Å². The zero-order valence-corrected chi connectivity index (χ0v) is 15.2. The summed E-state index contributed by atoms with van der Waals surface area (Å²) in [4.78, 5) is 2.85. The molecule has 6 nitrogen and oxygen atoms in total. The average molecular weight is 367 g/mol. The van der Waals surface area contributed by atoms with Gasteiger partial charge < -0.3 is 4.90 Å². The molecule has 2 aliphatic heterocycles. The molecular formula is C16H22N4O2S2. The fourth-order valence-electron chi connectivity index (χ4n) is 3.86. The third-order valence-electron chi connectivity index (χ3n) is 5.20. The molecule has 0 unspecified atom stereocenters.